The first-order valence-electron chi connectivity index (χ1n) is 11.2. The van der Waals surface area contributed by atoms with Crippen LogP contribution in [-0.4, -0.2) is 26.1 Å². The lowest BCUT2D eigenvalue weighted by Crippen LogP contribution is -2.16. The van der Waals surface area contributed by atoms with E-state index in [0.717, 1.165) is 5.69 Å². The molecular formula is C26H19ClF2N6O. The molecule has 5 aromatic rings. The van der Waals surface area contributed by atoms with Crippen LogP contribution in [0.15, 0.2) is 60.9 Å². The molecule has 0 amide bonds. The Morgan fingerprint density at radius 3 is 2.67 bits per heavy atom. The molecule has 0 radical (unpaired) electrons. The lowest BCUT2D eigenvalue weighted by Gasteiger charge is -2.21. The number of hydrogen-bond donors (Lipinski definition) is 1. The van der Waals surface area contributed by atoms with Crippen LogP contribution in [-0.2, 0) is 6.54 Å². The van der Waals surface area contributed by atoms with Crippen molar-refractivity contribution in [3.8, 4) is 22.8 Å². The third-order valence-corrected chi connectivity index (χ3v) is 6.41. The van der Waals surface area contributed by atoms with Crippen molar-refractivity contribution in [1.29, 1.82) is 0 Å². The third-order valence-electron chi connectivity index (χ3n) is 6.13. The molecule has 1 aliphatic rings. The van der Waals surface area contributed by atoms with E-state index in [4.69, 9.17) is 22.1 Å². The van der Waals surface area contributed by atoms with Gasteiger partial charge in [-0.3, -0.25) is 0 Å². The fraction of sp³-hybridized carbons (Fsp3) is 0.115. The van der Waals surface area contributed by atoms with Gasteiger partial charge >= 0.3 is 0 Å². The number of benzene rings is 2. The number of ether oxygens (including phenoxy) is 1. The van der Waals surface area contributed by atoms with Crippen LogP contribution in [0.2, 0.25) is 5.15 Å². The highest BCUT2D eigenvalue weighted by Gasteiger charge is 2.32. The molecule has 3 aromatic heterocycles. The van der Waals surface area contributed by atoms with Crippen molar-refractivity contribution >= 4 is 39.8 Å². The van der Waals surface area contributed by atoms with Crippen molar-refractivity contribution in [2.75, 3.05) is 17.2 Å². The Morgan fingerprint density at radius 2 is 1.86 bits per heavy atom. The highest BCUT2D eigenvalue weighted by molar-refractivity contribution is 6.35. The van der Waals surface area contributed by atoms with Crippen molar-refractivity contribution in [3.05, 3.63) is 83.4 Å². The fourth-order valence-corrected chi connectivity index (χ4v) is 4.81. The molecule has 7 nitrogen and oxygen atoms in total. The van der Waals surface area contributed by atoms with Gasteiger partial charge in [-0.25, -0.2) is 23.7 Å². The number of nitrogens with two attached hydrogens (primary N) is 1. The maximum Gasteiger partial charge on any atom is 0.219 e. The number of pyridine rings is 1. The molecule has 6 rings (SSSR count). The molecular weight excluding hydrogens is 486 g/mol. The lowest BCUT2D eigenvalue weighted by atomic mass is 10.0. The summed E-state index contributed by atoms with van der Waals surface area (Å²) < 4.78 is 37.8. The molecule has 2 aromatic carbocycles. The monoisotopic (exact) mass is 504 g/mol. The predicted molar refractivity (Wildman–Crippen MR) is 135 cm³/mol. The Hall–Kier alpha value is -4.24. The maximum atomic E-state index is 15.3. The summed E-state index contributed by atoms with van der Waals surface area (Å²) in [6.45, 7) is 2.82. The first-order valence-corrected chi connectivity index (χ1v) is 11.5. The molecule has 0 saturated carbocycles. The molecule has 10 heteroatoms. The Labute approximate surface area is 209 Å². The number of hydrogen-bond acceptors (Lipinski definition) is 6. The molecule has 0 bridgehead atoms. The van der Waals surface area contributed by atoms with Gasteiger partial charge < -0.3 is 19.9 Å². The molecule has 0 atom stereocenters. The van der Waals surface area contributed by atoms with Gasteiger partial charge in [-0.2, -0.15) is 0 Å². The highest BCUT2D eigenvalue weighted by atomic mass is 35.5. The fourth-order valence-electron chi connectivity index (χ4n) is 4.59. The Bertz CT molecular complexity index is 1650. The average molecular weight is 505 g/mol. The highest BCUT2D eigenvalue weighted by Crippen LogP contribution is 2.48. The largest absolute Gasteiger partial charge is 0.436 e. The quantitative estimate of drug-likeness (QED) is 0.230. The summed E-state index contributed by atoms with van der Waals surface area (Å²) in [5.74, 6) is -0.0665. The number of fused-ring (bicyclic) bond motifs is 3. The second-order valence-electron chi connectivity index (χ2n) is 8.44. The van der Waals surface area contributed by atoms with Crippen LogP contribution in [0.5, 0.6) is 11.6 Å². The molecule has 0 fully saturated rings. The maximum absolute atomic E-state index is 15.3. The minimum absolute atomic E-state index is 0.0260. The van der Waals surface area contributed by atoms with Gasteiger partial charge in [0.25, 0.3) is 0 Å². The first-order chi connectivity index (χ1) is 17.4. The molecule has 36 heavy (non-hydrogen) atoms. The van der Waals surface area contributed by atoms with E-state index >= 15 is 4.39 Å². The Morgan fingerprint density at radius 1 is 1.00 bits per heavy atom. The number of halogens is 3. The van der Waals surface area contributed by atoms with Crippen molar-refractivity contribution in [2.45, 2.75) is 13.5 Å². The minimum atomic E-state index is -0.587. The van der Waals surface area contributed by atoms with Crippen LogP contribution in [0.1, 0.15) is 5.69 Å². The smallest absolute Gasteiger partial charge is 0.219 e. The number of aromatic nitrogens is 4. The zero-order valence-electron chi connectivity index (χ0n) is 19.0. The van der Waals surface area contributed by atoms with Crippen LogP contribution in [0, 0.1) is 18.6 Å². The average Bonchev–Trinajstić information content (AvgIpc) is 3.41. The van der Waals surface area contributed by atoms with E-state index < -0.39 is 11.6 Å². The molecule has 0 aliphatic carbocycles. The van der Waals surface area contributed by atoms with Gasteiger partial charge in [-0.1, -0.05) is 23.7 Å². The molecule has 2 N–H and O–H groups in total. The van der Waals surface area contributed by atoms with Crippen LogP contribution in [0.25, 0.3) is 22.2 Å². The van der Waals surface area contributed by atoms with E-state index in [1.54, 1.807) is 29.2 Å². The lowest BCUT2D eigenvalue weighted by molar-refractivity contribution is 0.427. The summed E-state index contributed by atoms with van der Waals surface area (Å²) in [5.41, 5.74) is 9.14. The van der Waals surface area contributed by atoms with E-state index in [1.807, 2.05) is 17.6 Å². The molecule has 0 unspecified atom stereocenters. The Balaban J connectivity index is 1.52. The number of nitrogens with zero attached hydrogens (tertiary/aromatic N) is 5. The summed E-state index contributed by atoms with van der Waals surface area (Å²) in [7, 11) is 0. The zero-order chi connectivity index (χ0) is 25.0. The van der Waals surface area contributed by atoms with Crippen LogP contribution < -0.4 is 15.4 Å². The number of anilines is 3. The zero-order valence-corrected chi connectivity index (χ0v) is 19.8. The number of aryl methyl sites for hydroxylation is 1. The van der Waals surface area contributed by atoms with E-state index in [-0.39, 0.29) is 16.8 Å². The number of rotatable bonds is 4. The van der Waals surface area contributed by atoms with Crippen LogP contribution in [0.4, 0.5) is 26.0 Å². The van der Waals surface area contributed by atoms with E-state index in [9.17, 15) is 4.39 Å². The normalized spacial score (nSPS) is 12.8. The SMILES string of the molecule is Cc1cccc(Oc2ccc(-c3c4n(c5ncnc(Cl)c35)CCN4c3cc(N)ccc3F)cc2F)n1. The van der Waals surface area contributed by atoms with Gasteiger partial charge in [0.05, 0.1) is 11.1 Å². The van der Waals surface area contributed by atoms with E-state index in [1.165, 1.54) is 30.6 Å². The topological polar surface area (TPSA) is 82.1 Å². The van der Waals surface area contributed by atoms with Crippen molar-refractivity contribution < 1.29 is 13.5 Å². The van der Waals surface area contributed by atoms with Gasteiger partial charge in [0.1, 0.15) is 28.8 Å². The van der Waals surface area contributed by atoms with E-state index in [2.05, 4.69) is 15.0 Å². The van der Waals surface area contributed by atoms with Crippen molar-refractivity contribution in [1.82, 2.24) is 19.5 Å². The number of nitrogen functional groups attached to an aromatic ring is 1. The van der Waals surface area contributed by atoms with Crippen LogP contribution >= 0.6 is 11.6 Å². The first kappa shape index (κ1) is 22.2. The van der Waals surface area contributed by atoms with Gasteiger partial charge in [-0.15, -0.1) is 0 Å². The minimum Gasteiger partial charge on any atom is -0.436 e. The second-order valence-corrected chi connectivity index (χ2v) is 8.80. The summed E-state index contributed by atoms with van der Waals surface area (Å²) in [6.07, 6.45) is 1.37. The van der Waals surface area contributed by atoms with Gasteiger partial charge in [0.2, 0.25) is 5.88 Å². The van der Waals surface area contributed by atoms with Crippen molar-refractivity contribution in [3.63, 3.8) is 0 Å². The molecule has 4 heterocycles. The van der Waals surface area contributed by atoms with Crippen molar-refractivity contribution in [2.24, 2.45) is 0 Å². The van der Waals surface area contributed by atoms with Gasteiger partial charge in [-0.05, 0) is 48.9 Å². The molecule has 180 valence electrons. The molecule has 0 saturated heterocycles. The Kier molecular flexibility index (Phi) is 5.22. The molecule has 0 spiro atoms. The molecule has 1 aliphatic heterocycles. The van der Waals surface area contributed by atoms with Gasteiger partial charge in [0, 0.05) is 36.1 Å². The second kappa shape index (κ2) is 8.46. The standard InChI is InChI=1S/C26H19ClF2N6O/c1-14-3-2-4-21(33-14)36-20-8-5-15(11-18(20)29)22-23-24(27)31-13-32-25(23)35-10-9-34(26(22)35)19-12-16(30)6-7-17(19)28/h2-8,11-13H,9-10,30H2,1H3. The van der Waals surface area contributed by atoms with Crippen LogP contribution in [0.3, 0.4) is 0 Å². The summed E-state index contributed by atoms with van der Waals surface area (Å²) in [6, 6.07) is 14.3. The summed E-state index contributed by atoms with van der Waals surface area (Å²) >= 11 is 6.52. The van der Waals surface area contributed by atoms with E-state index in [0.29, 0.717) is 52.4 Å². The summed E-state index contributed by atoms with van der Waals surface area (Å²) in [5, 5.41) is 0.770. The predicted octanol–water partition coefficient (Wildman–Crippen LogP) is 6.26. The summed E-state index contributed by atoms with van der Waals surface area (Å²) in [4.78, 5) is 14.6. The third kappa shape index (κ3) is 3.59. The van der Waals surface area contributed by atoms with Gasteiger partial charge in [0.15, 0.2) is 11.6 Å².